The van der Waals surface area contributed by atoms with Crippen molar-refractivity contribution in [3.05, 3.63) is 16.4 Å². The van der Waals surface area contributed by atoms with Gasteiger partial charge in [-0.1, -0.05) is 24.2 Å². The zero-order valence-electron chi connectivity index (χ0n) is 13.8. The van der Waals surface area contributed by atoms with Crippen molar-refractivity contribution in [2.75, 3.05) is 32.7 Å². The lowest BCUT2D eigenvalue weighted by molar-refractivity contribution is -0.394. The van der Waals surface area contributed by atoms with Gasteiger partial charge in [0.25, 0.3) is 0 Å². The molecule has 0 aromatic carbocycles. The molecule has 0 spiro atoms. The Morgan fingerprint density at radius 2 is 1.92 bits per heavy atom. The molecule has 2 heterocycles. The van der Waals surface area contributed by atoms with Gasteiger partial charge in [-0.3, -0.25) is 9.69 Å². The third-order valence-corrected chi connectivity index (χ3v) is 4.95. The minimum Gasteiger partial charge on any atom is -0.390 e. The lowest BCUT2D eigenvalue weighted by Crippen LogP contribution is -2.50. The van der Waals surface area contributed by atoms with E-state index in [1.807, 2.05) is 4.90 Å². The van der Waals surface area contributed by atoms with Crippen LogP contribution in [-0.4, -0.2) is 68.1 Å². The fraction of sp³-hybridized carbons (Fsp3) is 0.800. The molecule has 0 radical (unpaired) electrons. The van der Waals surface area contributed by atoms with Gasteiger partial charge in [-0.05, 0) is 23.7 Å². The van der Waals surface area contributed by atoms with Crippen molar-refractivity contribution >= 4 is 11.9 Å². The molecule has 1 aromatic rings. The van der Waals surface area contributed by atoms with Crippen molar-refractivity contribution in [3.8, 4) is 0 Å². The average molecular weight is 336 g/mol. The minimum absolute atomic E-state index is 0.00344. The summed E-state index contributed by atoms with van der Waals surface area (Å²) >= 11 is 0. The van der Waals surface area contributed by atoms with E-state index in [9.17, 15) is 14.9 Å². The normalized spacial score (nSPS) is 20.2. The molecule has 1 aliphatic carbocycles. The van der Waals surface area contributed by atoms with Crippen molar-refractivity contribution < 1.29 is 9.72 Å². The summed E-state index contributed by atoms with van der Waals surface area (Å²) in [4.78, 5) is 30.0. The Morgan fingerprint density at radius 3 is 2.54 bits per heavy atom. The van der Waals surface area contributed by atoms with E-state index >= 15 is 0 Å². The van der Waals surface area contributed by atoms with E-state index in [4.69, 9.17) is 0 Å². The zero-order chi connectivity index (χ0) is 16.9. The van der Waals surface area contributed by atoms with E-state index in [0.717, 1.165) is 25.6 Å². The van der Waals surface area contributed by atoms with E-state index in [-0.39, 0.29) is 12.5 Å². The predicted octanol–water partition coefficient (Wildman–Crippen LogP) is 0.911. The molecule has 1 amide bonds. The zero-order valence-corrected chi connectivity index (χ0v) is 13.8. The van der Waals surface area contributed by atoms with Gasteiger partial charge >= 0.3 is 5.95 Å². The number of nitro groups is 1. The highest BCUT2D eigenvalue weighted by molar-refractivity contribution is 5.76. The molecular formula is C15H24N6O3. The minimum atomic E-state index is -0.662. The first kappa shape index (κ1) is 16.8. The number of rotatable bonds is 5. The van der Waals surface area contributed by atoms with E-state index in [2.05, 4.69) is 15.0 Å². The maximum Gasteiger partial charge on any atom is 0.490 e. The highest BCUT2D eigenvalue weighted by Crippen LogP contribution is 2.24. The number of aromatic nitrogens is 3. The number of carbonyl (C=O) groups excluding carboxylic acids is 1. The Kier molecular flexibility index (Phi) is 5.39. The summed E-state index contributed by atoms with van der Waals surface area (Å²) in [5.41, 5.74) is 0. The van der Waals surface area contributed by atoms with Crippen LogP contribution in [-0.2, 0) is 11.3 Å². The molecule has 0 unspecified atom stereocenters. The number of hydrogen-bond donors (Lipinski definition) is 0. The molecule has 9 nitrogen and oxygen atoms in total. The third kappa shape index (κ3) is 4.28. The molecular weight excluding hydrogens is 312 g/mol. The Hall–Kier alpha value is -2.03. The number of amides is 1. The molecule has 1 aromatic heterocycles. The van der Waals surface area contributed by atoms with Crippen LogP contribution in [0.3, 0.4) is 0 Å². The standard InChI is InChI=1S/C15H24N6O3/c22-14(11-20-12-16-15(17-20)21(23)24)19-8-6-18(7-9-19)10-13-4-2-1-3-5-13/h12-13H,1-11H2. The molecule has 0 bridgehead atoms. The second-order valence-electron chi connectivity index (χ2n) is 6.68. The second-order valence-corrected chi connectivity index (χ2v) is 6.68. The lowest BCUT2D eigenvalue weighted by atomic mass is 9.89. The molecule has 2 aliphatic rings. The largest absolute Gasteiger partial charge is 0.490 e. The fourth-order valence-electron chi connectivity index (χ4n) is 3.60. The van der Waals surface area contributed by atoms with Gasteiger partial charge in [0.15, 0.2) is 0 Å². The summed E-state index contributed by atoms with van der Waals surface area (Å²) in [6, 6.07) is 0. The quantitative estimate of drug-likeness (QED) is 0.585. The first-order valence-electron chi connectivity index (χ1n) is 8.66. The van der Waals surface area contributed by atoms with E-state index < -0.39 is 10.9 Å². The van der Waals surface area contributed by atoms with Crippen LogP contribution in [0.2, 0.25) is 0 Å². The van der Waals surface area contributed by atoms with Crippen LogP contribution in [0.5, 0.6) is 0 Å². The van der Waals surface area contributed by atoms with Gasteiger partial charge in [0.05, 0.1) is 0 Å². The van der Waals surface area contributed by atoms with Gasteiger partial charge in [0, 0.05) is 37.8 Å². The molecule has 24 heavy (non-hydrogen) atoms. The first-order valence-corrected chi connectivity index (χ1v) is 8.66. The van der Waals surface area contributed by atoms with E-state index in [0.29, 0.717) is 13.1 Å². The van der Waals surface area contributed by atoms with Crippen molar-refractivity contribution in [2.45, 2.75) is 38.6 Å². The van der Waals surface area contributed by atoms with Crippen LogP contribution in [0, 0.1) is 16.0 Å². The van der Waals surface area contributed by atoms with Crippen molar-refractivity contribution in [2.24, 2.45) is 5.92 Å². The molecule has 2 fully saturated rings. The molecule has 132 valence electrons. The van der Waals surface area contributed by atoms with Crippen LogP contribution < -0.4 is 0 Å². The maximum absolute atomic E-state index is 12.3. The number of hydrogen-bond acceptors (Lipinski definition) is 6. The van der Waals surface area contributed by atoms with Crippen molar-refractivity contribution in [3.63, 3.8) is 0 Å². The lowest BCUT2D eigenvalue weighted by Gasteiger charge is -2.37. The van der Waals surface area contributed by atoms with Crippen LogP contribution in [0.15, 0.2) is 6.33 Å². The average Bonchev–Trinajstić information content (AvgIpc) is 3.05. The predicted molar refractivity (Wildman–Crippen MR) is 86.3 cm³/mol. The van der Waals surface area contributed by atoms with Crippen LogP contribution in [0.4, 0.5) is 5.95 Å². The summed E-state index contributed by atoms with van der Waals surface area (Å²) in [7, 11) is 0. The highest BCUT2D eigenvalue weighted by Gasteiger charge is 2.25. The summed E-state index contributed by atoms with van der Waals surface area (Å²) in [6.45, 7) is 4.38. The monoisotopic (exact) mass is 336 g/mol. The maximum atomic E-state index is 12.3. The molecule has 0 N–H and O–H groups in total. The van der Waals surface area contributed by atoms with Gasteiger partial charge in [-0.2, -0.15) is 4.68 Å². The van der Waals surface area contributed by atoms with Gasteiger partial charge in [-0.15, -0.1) is 0 Å². The molecule has 1 saturated heterocycles. The van der Waals surface area contributed by atoms with E-state index in [1.54, 1.807) is 0 Å². The smallest absolute Gasteiger partial charge is 0.390 e. The van der Waals surface area contributed by atoms with Crippen LogP contribution in [0.25, 0.3) is 0 Å². The van der Waals surface area contributed by atoms with Gasteiger partial charge < -0.3 is 15.0 Å². The Labute approximate surface area is 140 Å². The topological polar surface area (TPSA) is 97.4 Å². The summed E-state index contributed by atoms with van der Waals surface area (Å²) in [5, 5.41) is 14.3. The fourth-order valence-corrected chi connectivity index (χ4v) is 3.60. The van der Waals surface area contributed by atoms with E-state index in [1.165, 1.54) is 43.1 Å². The highest BCUT2D eigenvalue weighted by atomic mass is 16.6. The van der Waals surface area contributed by atoms with Crippen molar-refractivity contribution in [1.82, 2.24) is 24.6 Å². The molecule has 0 atom stereocenters. The van der Waals surface area contributed by atoms with Crippen LogP contribution >= 0.6 is 0 Å². The molecule has 1 saturated carbocycles. The second kappa shape index (κ2) is 7.69. The summed E-state index contributed by atoms with van der Waals surface area (Å²) in [6.07, 6.45) is 7.99. The Balaban J connectivity index is 1.43. The van der Waals surface area contributed by atoms with Gasteiger partial charge in [0.2, 0.25) is 12.2 Å². The van der Waals surface area contributed by atoms with Crippen molar-refractivity contribution in [1.29, 1.82) is 0 Å². The van der Waals surface area contributed by atoms with Crippen LogP contribution in [0.1, 0.15) is 32.1 Å². The van der Waals surface area contributed by atoms with Gasteiger partial charge in [-0.25, -0.2) is 0 Å². The summed E-state index contributed by atoms with van der Waals surface area (Å²) < 4.78 is 1.23. The van der Waals surface area contributed by atoms with Gasteiger partial charge in [0.1, 0.15) is 6.54 Å². The number of carbonyl (C=O) groups is 1. The summed E-state index contributed by atoms with van der Waals surface area (Å²) in [5.74, 6) is 0.281. The third-order valence-electron chi connectivity index (χ3n) is 4.95. The number of nitrogens with zero attached hydrogens (tertiary/aromatic N) is 6. The SMILES string of the molecule is O=C(Cn1cnc([N+](=O)[O-])n1)N1CCN(CC2CCCCC2)CC1. The molecule has 3 rings (SSSR count). The Morgan fingerprint density at radius 1 is 1.21 bits per heavy atom. The molecule has 9 heteroatoms. The Bertz CT molecular complexity index is 576. The number of piperazine rings is 1. The molecule has 1 aliphatic heterocycles. The first-order chi connectivity index (χ1) is 11.6.